The fourth-order valence-electron chi connectivity index (χ4n) is 4.04. The number of pyridine rings is 1. The summed E-state index contributed by atoms with van der Waals surface area (Å²) in [4.78, 5) is 32.4. The van der Waals surface area contributed by atoms with E-state index in [1.54, 1.807) is 29.5 Å². The smallest absolute Gasteiger partial charge is 0.257 e. The number of aromatic nitrogens is 1. The standard InChI is InChI=1S/C23H22N4O3S/c24-18-6-4-15(20-2-1-9-31-20)10-19(18)26-22(29)16-3-5-17(25-11-16)12-27-21(28)7-8-23(27)13-30-14-23/h1-6,9-11H,7-8,12-14,24H2,(H,26,29). The van der Waals surface area contributed by atoms with Crippen molar-refractivity contribution in [2.45, 2.75) is 24.9 Å². The van der Waals surface area contributed by atoms with Crippen molar-refractivity contribution in [2.75, 3.05) is 24.3 Å². The number of rotatable bonds is 5. The van der Waals surface area contributed by atoms with Gasteiger partial charge in [0.15, 0.2) is 0 Å². The Morgan fingerprint density at radius 2 is 2.13 bits per heavy atom. The number of hydrogen-bond acceptors (Lipinski definition) is 6. The number of nitrogen functional groups attached to an aromatic ring is 1. The summed E-state index contributed by atoms with van der Waals surface area (Å²) >= 11 is 1.63. The highest BCUT2D eigenvalue weighted by atomic mass is 32.1. The topological polar surface area (TPSA) is 97.6 Å². The third-order valence-corrected chi connectivity index (χ3v) is 6.85. The zero-order valence-corrected chi connectivity index (χ0v) is 17.7. The van der Waals surface area contributed by atoms with Crippen molar-refractivity contribution in [1.82, 2.24) is 9.88 Å². The van der Waals surface area contributed by atoms with Crippen LogP contribution in [0.4, 0.5) is 11.4 Å². The van der Waals surface area contributed by atoms with E-state index in [-0.39, 0.29) is 17.4 Å². The molecule has 2 aromatic heterocycles. The SMILES string of the molecule is Nc1ccc(-c2cccs2)cc1NC(=O)c1ccc(CN2C(=O)CCC23COC3)nc1. The Bertz CT molecular complexity index is 1120. The van der Waals surface area contributed by atoms with Crippen molar-refractivity contribution < 1.29 is 14.3 Å². The van der Waals surface area contributed by atoms with Gasteiger partial charge < -0.3 is 20.7 Å². The second kappa shape index (κ2) is 7.79. The van der Waals surface area contributed by atoms with Crippen molar-refractivity contribution in [3.05, 3.63) is 65.3 Å². The minimum absolute atomic E-state index is 0.132. The zero-order chi connectivity index (χ0) is 21.4. The van der Waals surface area contributed by atoms with Crippen molar-refractivity contribution in [3.8, 4) is 10.4 Å². The number of carbonyl (C=O) groups excluding carboxylic acids is 2. The first-order valence-electron chi connectivity index (χ1n) is 10.1. The van der Waals surface area contributed by atoms with Gasteiger partial charge >= 0.3 is 0 Å². The number of likely N-dealkylation sites (tertiary alicyclic amines) is 1. The van der Waals surface area contributed by atoms with Crippen LogP contribution in [0.5, 0.6) is 0 Å². The first-order chi connectivity index (χ1) is 15.0. The molecule has 4 heterocycles. The number of hydrogen-bond donors (Lipinski definition) is 2. The number of nitrogens with zero attached hydrogens (tertiary/aromatic N) is 2. The summed E-state index contributed by atoms with van der Waals surface area (Å²) < 4.78 is 5.35. The number of amides is 2. The van der Waals surface area contributed by atoms with Crippen molar-refractivity contribution in [1.29, 1.82) is 0 Å². The number of thiophene rings is 1. The molecule has 2 saturated heterocycles. The summed E-state index contributed by atoms with van der Waals surface area (Å²) in [6, 6.07) is 13.1. The van der Waals surface area contributed by atoms with Crippen LogP contribution < -0.4 is 11.1 Å². The second-order valence-electron chi connectivity index (χ2n) is 7.97. The quantitative estimate of drug-likeness (QED) is 0.599. The van der Waals surface area contributed by atoms with E-state index in [1.807, 2.05) is 34.5 Å². The maximum atomic E-state index is 12.7. The summed E-state index contributed by atoms with van der Waals surface area (Å²) in [5.41, 5.74) is 9.14. The monoisotopic (exact) mass is 434 g/mol. The van der Waals surface area contributed by atoms with E-state index in [0.717, 1.165) is 22.6 Å². The average Bonchev–Trinajstić information content (AvgIpc) is 3.39. The number of anilines is 2. The lowest BCUT2D eigenvalue weighted by Gasteiger charge is -2.44. The van der Waals surface area contributed by atoms with Gasteiger partial charge in [-0.25, -0.2) is 0 Å². The fraction of sp³-hybridized carbons (Fsp3) is 0.261. The summed E-state index contributed by atoms with van der Waals surface area (Å²) in [6.07, 6.45) is 2.92. The van der Waals surface area contributed by atoms with Gasteiger partial charge in [-0.3, -0.25) is 14.6 Å². The van der Waals surface area contributed by atoms with Gasteiger partial charge in [0.1, 0.15) is 0 Å². The molecule has 5 rings (SSSR count). The molecule has 1 spiro atoms. The van der Waals surface area contributed by atoms with E-state index in [4.69, 9.17) is 10.5 Å². The normalized spacial score (nSPS) is 17.0. The van der Waals surface area contributed by atoms with E-state index >= 15 is 0 Å². The van der Waals surface area contributed by atoms with Crippen LogP contribution in [0.1, 0.15) is 28.9 Å². The molecule has 2 aliphatic rings. The molecule has 0 aliphatic carbocycles. The highest BCUT2D eigenvalue weighted by Gasteiger charge is 2.50. The molecule has 3 N–H and O–H groups in total. The van der Waals surface area contributed by atoms with Gasteiger partial charge in [-0.2, -0.15) is 0 Å². The fourth-order valence-corrected chi connectivity index (χ4v) is 4.76. The molecule has 0 bridgehead atoms. The molecule has 8 heteroatoms. The van der Waals surface area contributed by atoms with Gasteiger partial charge in [0.05, 0.1) is 47.9 Å². The molecule has 1 aromatic carbocycles. The Hall–Kier alpha value is -3.23. The van der Waals surface area contributed by atoms with Gasteiger partial charge in [-0.15, -0.1) is 11.3 Å². The molecular formula is C23H22N4O3S. The Morgan fingerprint density at radius 3 is 2.81 bits per heavy atom. The number of ether oxygens (including phenoxy) is 1. The number of nitrogens with one attached hydrogen (secondary N) is 1. The summed E-state index contributed by atoms with van der Waals surface area (Å²) in [6.45, 7) is 1.61. The van der Waals surface area contributed by atoms with E-state index in [1.165, 1.54) is 6.20 Å². The van der Waals surface area contributed by atoms with Crippen LogP contribution in [0.25, 0.3) is 10.4 Å². The first kappa shape index (κ1) is 19.7. The highest BCUT2D eigenvalue weighted by molar-refractivity contribution is 7.13. The zero-order valence-electron chi connectivity index (χ0n) is 16.8. The van der Waals surface area contributed by atoms with Crippen LogP contribution >= 0.6 is 11.3 Å². The first-order valence-corrected chi connectivity index (χ1v) is 11.0. The van der Waals surface area contributed by atoms with Crippen LogP contribution in [0.15, 0.2) is 54.0 Å². The third-order valence-electron chi connectivity index (χ3n) is 5.93. The summed E-state index contributed by atoms with van der Waals surface area (Å²) in [5.74, 6) is -0.150. The maximum absolute atomic E-state index is 12.7. The van der Waals surface area contributed by atoms with Crippen LogP contribution in [0.3, 0.4) is 0 Å². The molecule has 0 saturated carbocycles. The van der Waals surface area contributed by atoms with E-state index in [9.17, 15) is 9.59 Å². The molecule has 31 heavy (non-hydrogen) atoms. The number of carbonyl (C=O) groups is 2. The lowest BCUT2D eigenvalue weighted by Crippen LogP contribution is -2.59. The Balaban J connectivity index is 1.29. The van der Waals surface area contributed by atoms with E-state index < -0.39 is 0 Å². The Morgan fingerprint density at radius 1 is 1.26 bits per heavy atom. The molecule has 7 nitrogen and oxygen atoms in total. The largest absolute Gasteiger partial charge is 0.397 e. The van der Waals surface area contributed by atoms with Crippen LogP contribution in [0.2, 0.25) is 0 Å². The van der Waals surface area contributed by atoms with E-state index in [2.05, 4.69) is 10.3 Å². The number of benzene rings is 1. The second-order valence-corrected chi connectivity index (χ2v) is 8.92. The van der Waals surface area contributed by atoms with Crippen molar-refractivity contribution >= 4 is 34.5 Å². The average molecular weight is 435 g/mol. The van der Waals surface area contributed by atoms with Gasteiger partial charge in [0, 0.05) is 17.5 Å². The van der Waals surface area contributed by atoms with Gasteiger partial charge in [0.25, 0.3) is 5.91 Å². The van der Waals surface area contributed by atoms with E-state index in [0.29, 0.717) is 43.1 Å². The van der Waals surface area contributed by atoms with Gasteiger partial charge in [-0.1, -0.05) is 12.1 Å². The predicted molar refractivity (Wildman–Crippen MR) is 120 cm³/mol. The van der Waals surface area contributed by atoms with Crippen LogP contribution in [0, 0.1) is 0 Å². The van der Waals surface area contributed by atoms with Crippen molar-refractivity contribution in [3.63, 3.8) is 0 Å². The van der Waals surface area contributed by atoms with Crippen LogP contribution in [-0.4, -0.2) is 40.5 Å². The van der Waals surface area contributed by atoms with Gasteiger partial charge in [0.2, 0.25) is 5.91 Å². The minimum atomic E-state index is -0.282. The minimum Gasteiger partial charge on any atom is -0.397 e. The predicted octanol–water partition coefficient (Wildman–Crippen LogP) is 3.54. The third kappa shape index (κ3) is 3.68. The van der Waals surface area contributed by atoms with Crippen LogP contribution in [-0.2, 0) is 16.1 Å². The maximum Gasteiger partial charge on any atom is 0.257 e. The molecule has 0 atom stereocenters. The Kier molecular flexibility index (Phi) is 4.95. The van der Waals surface area contributed by atoms with Gasteiger partial charge in [-0.05, 0) is 47.7 Å². The highest BCUT2D eigenvalue weighted by Crippen LogP contribution is 2.37. The summed E-state index contributed by atoms with van der Waals surface area (Å²) in [7, 11) is 0. The molecule has 2 amide bonds. The number of nitrogens with two attached hydrogens (primary N) is 1. The Labute approximate surface area is 183 Å². The molecule has 3 aromatic rings. The lowest BCUT2D eigenvalue weighted by molar-refractivity contribution is -0.154. The molecule has 2 fully saturated rings. The molecule has 158 valence electrons. The van der Waals surface area contributed by atoms with Crippen molar-refractivity contribution in [2.24, 2.45) is 0 Å². The molecular weight excluding hydrogens is 412 g/mol. The lowest BCUT2D eigenvalue weighted by atomic mass is 9.94. The summed E-state index contributed by atoms with van der Waals surface area (Å²) in [5, 5.41) is 4.89. The molecule has 2 aliphatic heterocycles. The molecule has 0 radical (unpaired) electrons. The molecule has 0 unspecified atom stereocenters.